The van der Waals surface area contributed by atoms with Gasteiger partial charge < -0.3 is 5.73 Å². The summed E-state index contributed by atoms with van der Waals surface area (Å²) < 4.78 is 0.750. The fourth-order valence-electron chi connectivity index (χ4n) is 2.53. The quantitative estimate of drug-likeness (QED) is 0.901. The summed E-state index contributed by atoms with van der Waals surface area (Å²) in [5.74, 6) is 0. The number of hydrogen-bond acceptors (Lipinski definition) is 4. The number of likely N-dealkylation sites (tertiary alicyclic amines) is 1. The van der Waals surface area contributed by atoms with Crippen molar-refractivity contribution in [2.24, 2.45) is 5.73 Å². The van der Waals surface area contributed by atoms with Crippen LogP contribution >= 0.6 is 22.9 Å². The molecule has 1 aromatic heterocycles. The van der Waals surface area contributed by atoms with Crippen LogP contribution in [-0.2, 0) is 0 Å². The van der Waals surface area contributed by atoms with E-state index < -0.39 is 0 Å². The summed E-state index contributed by atoms with van der Waals surface area (Å²) in [5, 5.41) is 1.07. The van der Waals surface area contributed by atoms with E-state index in [-0.39, 0.29) is 12.1 Å². The van der Waals surface area contributed by atoms with Crippen LogP contribution in [0.25, 0.3) is 0 Å². The van der Waals surface area contributed by atoms with Crippen molar-refractivity contribution in [3.63, 3.8) is 0 Å². The average Bonchev–Trinajstić information content (AvgIpc) is 2.58. The van der Waals surface area contributed by atoms with Crippen LogP contribution in [0, 0.1) is 0 Å². The average molecular weight is 274 g/mol. The van der Waals surface area contributed by atoms with Gasteiger partial charge in [-0.1, -0.05) is 18.0 Å². The highest BCUT2D eigenvalue weighted by Gasteiger charge is 2.32. The van der Waals surface area contributed by atoms with Gasteiger partial charge in [0.2, 0.25) is 0 Å². The zero-order valence-corrected chi connectivity index (χ0v) is 12.0. The molecule has 1 fully saturated rings. The molecule has 1 saturated heterocycles. The van der Waals surface area contributed by atoms with Crippen LogP contribution in [-0.4, -0.2) is 28.5 Å². The smallest absolute Gasteiger partial charge is 0.113 e. The molecule has 0 radical (unpaired) electrons. The molecule has 2 atom stereocenters. The molecule has 2 unspecified atom stereocenters. The van der Waals surface area contributed by atoms with Crippen molar-refractivity contribution in [1.82, 2.24) is 9.88 Å². The molecule has 2 heterocycles. The third-order valence-corrected chi connectivity index (χ3v) is 4.56. The molecule has 1 aliphatic rings. The Morgan fingerprint density at radius 3 is 2.88 bits per heavy atom. The highest BCUT2D eigenvalue weighted by molar-refractivity contribution is 7.15. The molecule has 5 heteroatoms. The lowest BCUT2D eigenvalue weighted by atomic mass is 10.0. The Morgan fingerprint density at radius 2 is 2.29 bits per heavy atom. The van der Waals surface area contributed by atoms with Gasteiger partial charge in [-0.3, -0.25) is 4.90 Å². The van der Waals surface area contributed by atoms with Gasteiger partial charge >= 0.3 is 0 Å². The molecule has 1 aromatic rings. The number of rotatable bonds is 2. The summed E-state index contributed by atoms with van der Waals surface area (Å²) in [6.07, 6.45) is 5.24. The molecule has 96 valence electrons. The van der Waals surface area contributed by atoms with Crippen LogP contribution in [0.4, 0.5) is 0 Å². The molecule has 1 aliphatic heterocycles. The first-order valence-corrected chi connectivity index (χ1v) is 7.41. The normalized spacial score (nSPS) is 27.4. The summed E-state index contributed by atoms with van der Waals surface area (Å²) in [6.45, 7) is 5.55. The summed E-state index contributed by atoms with van der Waals surface area (Å²) in [6, 6.07) is 0.893. The third kappa shape index (κ3) is 2.99. The van der Waals surface area contributed by atoms with Crippen molar-refractivity contribution in [2.75, 3.05) is 6.54 Å². The number of aromatic nitrogens is 1. The Bertz CT molecular complexity index is 366. The lowest BCUT2D eigenvalue weighted by molar-refractivity contribution is 0.144. The van der Waals surface area contributed by atoms with Crippen LogP contribution in [0.3, 0.4) is 0 Å². The minimum absolute atomic E-state index is 0.169. The van der Waals surface area contributed by atoms with Gasteiger partial charge in [0.25, 0.3) is 0 Å². The van der Waals surface area contributed by atoms with Crippen LogP contribution in [0.1, 0.15) is 44.2 Å². The predicted octanol–water partition coefficient (Wildman–Crippen LogP) is 3.06. The van der Waals surface area contributed by atoms with E-state index in [1.807, 2.05) is 0 Å². The molecule has 3 nitrogen and oxygen atoms in total. The van der Waals surface area contributed by atoms with Crippen LogP contribution in [0.5, 0.6) is 0 Å². The molecular weight excluding hydrogens is 254 g/mol. The van der Waals surface area contributed by atoms with E-state index in [2.05, 4.69) is 23.7 Å². The van der Waals surface area contributed by atoms with E-state index >= 15 is 0 Å². The van der Waals surface area contributed by atoms with E-state index in [1.54, 1.807) is 17.5 Å². The first-order valence-electron chi connectivity index (χ1n) is 6.22. The van der Waals surface area contributed by atoms with Gasteiger partial charge in [-0.05, 0) is 33.2 Å². The minimum atomic E-state index is 0.169. The fraction of sp³-hybridized carbons (Fsp3) is 0.750. The first-order chi connectivity index (χ1) is 8.09. The van der Waals surface area contributed by atoms with Crippen molar-refractivity contribution in [3.05, 3.63) is 15.5 Å². The standard InChI is InChI=1S/C12H20ClN3S/c1-8(2)16-6-4-3-5-9(14)11(16)12-15-7-10(13)17-12/h7-9,11H,3-6,14H2,1-2H3. The third-order valence-electron chi connectivity index (χ3n) is 3.38. The Morgan fingerprint density at radius 1 is 1.53 bits per heavy atom. The number of halogens is 1. The number of nitrogens with zero attached hydrogens (tertiary/aromatic N) is 2. The molecule has 0 spiro atoms. The fourth-order valence-corrected chi connectivity index (χ4v) is 3.65. The van der Waals surface area contributed by atoms with E-state index in [9.17, 15) is 0 Å². The maximum absolute atomic E-state index is 6.33. The first kappa shape index (κ1) is 13.3. The Hall–Kier alpha value is -0.160. The molecule has 2 rings (SSSR count). The summed E-state index contributed by atoms with van der Waals surface area (Å²) in [5.41, 5.74) is 6.33. The number of nitrogens with two attached hydrogens (primary N) is 1. The zero-order chi connectivity index (χ0) is 12.4. The van der Waals surface area contributed by atoms with Gasteiger partial charge in [0.1, 0.15) is 9.34 Å². The summed E-state index contributed by atoms with van der Waals surface area (Å²) in [7, 11) is 0. The highest BCUT2D eigenvalue weighted by Crippen LogP contribution is 2.34. The lowest BCUT2D eigenvalue weighted by Gasteiger charge is -2.34. The Balaban J connectivity index is 2.29. The van der Waals surface area contributed by atoms with Crippen molar-refractivity contribution in [2.45, 2.75) is 51.2 Å². The van der Waals surface area contributed by atoms with Gasteiger partial charge in [0, 0.05) is 12.1 Å². The molecule has 0 aliphatic carbocycles. The topological polar surface area (TPSA) is 42.1 Å². The van der Waals surface area contributed by atoms with Crippen LogP contribution < -0.4 is 5.73 Å². The molecule has 0 aromatic carbocycles. The van der Waals surface area contributed by atoms with Gasteiger partial charge in [-0.25, -0.2) is 4.98 Å². The monoisotopic (exact) mass is 273 g/mol. The van der Waals surface area contributed by atoms with Crippen LogP contribution in [0.15, 0.2) is 6.20 Å². The van der Waals surface area contributed by atoms with Crippen molar-refractivity contribution in [3.8, 4) is 0 Å². The number of thiazole rings is 1. The van der Waals surface area contributed by atoms with Crippen molar-refractivity contribution in [1.29, 1.82) is 0 Å². The van der Waals surface area contributed by atoms with E-state index in [1.165, 1.54) is 12.8 Å². The SMILES string of the molecule is CC(C)N1CCCCC(N)C1c1ncc(Cl)s1. The van der Waals surface area contributed by atoms with E-state index in [0.29, 0.717) is 6.04 Å². The summed E-state index contributed by atoms with van der Waals surface area (Å²) in [4.78, 5) is 6.89. The van der Waals surface area contributed by atoms with E-state index in [4.69, 9.17) is 17.3 Å². The maximum Gasteiger partial charge on any atom is 0.113 e. The Labute approximate surface area is 112 Å². The molecule has 2 N–H and O–H groups in total. The second-order valence-electron chi connectivity index (χ2n) is 4.94. The lowest BCUT2D eigenvalue weighted by Crippen LogP contribution is -2.43. The van der Waals surface area contributed by atoms with Crippen LogP contribution in [0.2, 0.25) is 4.34 Å². The number of hydrogen-bond donors (Lipinski definition) is 1. The van der Waals surface area contributed by atoms with Crippen molar-refractivity contribution < 1.29 is 0 Å². The zero-order valence-electron chi connectivity index (χ0n) is 10.4. The second-order valence-corrected chi connectivity index (χ2v) is 6.63. The molecule has 0 bridgehead atoms. The molecule has 0 saturated carbocycles. The van der Waals surface area contributed by atoms with E-state index in [0.717, 1.165) is 22.3 Å². The second kappa shape index (κ2) is 5.65. The van der Waals surface area contributed by atoms with Gasteiger partial charge in [0.15, 0.2) is 0 Å². The largest absolute Gasteiger partial charge is 0.326 e. The van der Waals surface area contributed by atoms with Crippen molar-refractivity contribution >= 4 is 22.9 Å². The highest BCUT2D eigenvalue weighted by atomic mass is 35.5. The molecular formula is C12H20ClN3S. The predicted molar refractivity (Wildman–Crippen MR) is 73.5 cm³/mol. The summed E-state index contributed by atoms with van der Waals surface area (Å²) >= 11 is 7.55. The minimum Gasteiger partial charge on any atom is -0.326 e. The van der Waals surface area contributed by atoms with Gasteiger partial charge in [0.05, 0.1) is 12.2 Å². The molecule has 0 amide bonds. The maximum atomic E-state index is 6.33. The molecule has 17 heavy (non-hydrogen) atoms. The van der Waals surface area contributed by atoms with Gasteiger partial charge in [-0.15, -0.1) is 11.3 Å². The Kier molecular flexibility index (Phi) is 4.42. The van der Waals surface area contributed by atoms with Gasteiger partial charge in [-0.2, -0.15) is 0 Å².